The zero-order chi connectivity index (χ0) is 20.4. The predicted octanol–water partition coefficient (Wildman–Crippen LogP) is 3.48. The second-order valence-corrected chi connectivity index (χ2v) is 7.20. The molecule has 6 nitrogen and oxygen atoms in total. The highest BCUT2D eigenvalue weighted by atomic mass is 32.1. The van der Waals surface area contributed by atoms with Crippen molar-refractivity contribution in [2.24, 2.45) is 0 Å². The van der Waals surface area contributed by atoms with Crippen LogP contribution in [0.25, 0.3) is 0 Å². The number of hydrogen-bond donors (Lipinski definition) is 1. The highest BCUT2D eigenvalue weighted by Crippen LogP contribution is 2.18. The molecule has 1 aromatic carbocycles. The zero-order valence-corrected chi connectivity index (χ0v) is 16.5. The van der Waals surface area contributed by atoms with Gasteiger partial charge < -0.3 is 10.1 Å². The van der Waals surface area contributed by atoms with E-state index in [0.29, 0.717) is 4.88 Å². The molecule has 1 aromatic heterocycles. The van der Waals surface area contributed by atoms with Crippen LogP contribution < -0.4 is 5.32 Å². The highest BCUT2D eigenvalue weighted by molar-refractivity contribution is 7.12. The van der Waals surface area contributed by atoms with Crippen LogP contribution in [0.4, 0.5) is 0 Å². The molecule has 28 heavy (non-hydrogen) atoms. The van der Waals surface area contributed by atoms with Gasteiger partial charge in [0.1, 0.15) is 5.78 Å². The maximum atomic E-state index is 12.2. The van der Waals surface area contributed by atoms with Crippen molar-refractivity contribution < 1.29 is 23.9 Å². The van der Waals surface area contributed by atoms with Crippen molar-refractivity contribution in [2.75, 3.05) is 7.11 Å². The van der Waals surface area contributed by atoms with Crippen molar-refractivity contribution in [1.29, 1.82) is 0 Å². The quantitative estimate of drug-likeness (QED) is 0.460. The first-order valence-electron chi connectivity index (χ1n) is 8.99. The monoisotopic (exact) mass is 401 g/mol. The molecule has 0 aliphatic carbocycles. The van der Waals surface area contributed by atoms with Crippen LogP contribution in [0.5, 0.6) is 0 Å². The third kappa shape index (κ3) is 7.08. The fourth-order valence-corrected chi connectivity index (χ4v) is 3.34. The number of nitrogens with one attached hydrogen (secondary N) is 1. The van der Waals surface area contributed by atoms with Crippen LogP contribution in [0, 0.1) is 0 Å². The second kappa shape index (κ2) is 11.1. The van der Waals surface area contributed by atoms with Gasteiger partial charge in [-0.05, 0) is 17.0 Å². The van der Waals surface area contributed by atoms with Gasteiger partial charge in [-0.15, -0.1) is 11.3 Å². The second-order valence-electron chi connectivity index (χ2n) is 6.25. The van der Waals surface area contributed by atoms with Crippen molar-refractivity contribution in [3.63, 3.8) is 0 Å². The summed E-state index contributed by atoms with van der Waals surface area (Å²) in [6, 6.07) is 12.1. The van der Waals surface area contributed by atoms with E-state index in [4.69, 9.17) is 4.74 Å². The van der Waals surface area contributed by atoms with Gasteiger partial charge in [0.15, 0.2) is 5.78 Å². The highest BCUT2D eigenvalue weighted by Gasteiger charge is 2.19. The summed E-state index contributed by atoms with van der Waals surface area (Å²) in [4.78, 5) is 48.4. The zero-order valence-electron chi connectivity index (χ0n) is 15.7. The minimum absolute atomic E-state index is 0.00944. The Labute approximate surface area is 167 Å². The number of thiophene rings is 1. The molecular weight excluding hydrogens is 378 g/mol. The number of hydrogen-bond acceptors (Lipinski definition) is 6. The number of rotatable bonds is 11. The summed E-state index contributed by atoms with van der Waals surface area (Å²) in [6.45, 7) is 0. The first-order valence-corrected chi connectivity index (χ1v) is 9.87. The number of benzene rings is 1. The number of methoxy groups -OCH3 is 1. The molecule has 1 N–H and O–H groups in total. The van der Waals surface area contributed by atoms with Crippen molar-refractivity contribution in [2.45, 2.75) is 38.1 Å². The van der Waals surface area contributed by atoms with Crippen LogP contribution in [-0.4, -0.2) is 30.6 Å². The molecule has 0 unspecified atom stereocenters. The van der Waals surface area contributed by atoms with E-state index in [1.165, 1.54) is 18.4 Å². The molecule has 1 heterocycles. The van der Waals surface area contributed by atoms with Crippen LogP contribution in [-0.2, 0) is 19.1 Å². The summed E-state index contributed by atoms with van der Waals surface area (Å²) < 4.78 is 4.69. The summed E-state index contributed by atoms with van der Waals surface area (Å²) in [5, 5.41) is 4.60. The third-order valence-corrected chi connectivity index (χ3v) is 5.10. The van der Waals surface area contributed by atoms with Gasteiger partial charge in [-0.3, -0.25) is 19.2 Å². The number of carbonyl (C=O) groups excluding carboxylic acids is 4. The van der Waals surface area contributed by atoms with Gasteiger partial charge in [0.25, 0.3) is 0 Å². The molecule has 0 fully saturated rings. The number of ketones is 2. The molecule has 0 aliphatic rings. The fraction of sp³-hybridized carbons (Fsp3) is 0.333. The van der Waals surface area contributed by atoms with Crippen LogP contribution in [0.1, 0.15) is 53.4 Å². The molecule has 2 aromatic rings. The van der Waals surface area contributed by atoms with Crippen molar-refractivity contribution >= 4 is 34.8 Å². The Bertz CT molecular complexity index is 801. The lowest BCUT2D eigenvalue weighted by molar-refractivity contribution is -0.141. The summed E-state index contributed by atoms with van der Waals surface area (Å²) >= 11 is 1.35. The molecule has 0 spiro atoms. The van der Waals surface area contributed by atoms with E-state index in [9.17, 15) is 19.2 Å². The minimum atomic E-state index is -0.517. The van der Waals surface area contributed by atoms with E-state index >= 15 is 0 Å². The molecule has 2 rings (SSSR count). The molecule has 0 saturated heterocycles. The van der Waals surface area contributed by atoms with E-state index < -0.39 is 12.0 Å². The van der Waals surface area contributed by atoms with Gasteiger partial charge in [-0.1, -0.05) is 36.4 Å². The summed E-state index contributed by atoms with van der Waals surface area (Å²) in [5.74, 6) is -0.952. The third-order valence-electron chi connectivity index (χ3n) is 4.19. The Morgan fingerprint density at radius 1 is 0.964 bits per heavy atom. The Kier molecular flexibility index (Phi) is 8.55. The van der Waals surface area contributed by atoms with Crippen LogP contribution >= 0.6 is 11.3 Å². The van der Waals surface area contributed by atoms with E-state index in [0.717, 1.165) is 5.56 Å². The smallest absolute Gasteiger partial charge is 0.307 e. The molecule has 7 heteroatoms. The summed E-state index contributed by atoms with van der Waals surface area (Å²) in [5.41, 5.74) is 0.786. The van der Waals surface area contributed by atoms with Gasteiger partial charge >= 0.3 is 5.97 Å². The van der Waals surface area contributed by atoms with Crippen LogP contribution in [0.3, 0.4) is 0 Å². The van der Waals surface area contributed by atoms with E-state index in [1.54, 1.807) is 12.1 Å². The van der Waals surface area contributed by atoms with Gasteiger partial charge in [-0.25, -0.2) is 0 Å². The average molecular weight is 401 g/mol. The maximum Gasteiger partial charge on any atom is 0.307 e. The fourth-order valence-electron chi connectivity index (χ4n) is 2.65. The van der Waals surface area contributed by atoms with Crippen LogP contribution in [0.2, 0.25) is 0 Å². The molecule has 0 radical (unpaired) electrons. The first kappa shape index (κ1) is 21.5. The standard InChI is InChI=1S/C21H23NO5S/c1-27-21(26)14-17(15-6-3-2-4-7-15)22-20(25)12-10-16(23)9-11-18(24)19-8-5-13-28-19/h2-8,13,17H,9-12,14H2,1H3,(H,22,25)/t17-/m1/s1. The van der Waals surface area contributed by atoms with E-state index in [2.05, 4.69) is 5.32 Å². The SMILES string of the molecule is COC(=O)C[C@@H](NC(=O)CCC(=O)CCC(=O)c1cccs1)c1ccccc1. The van der Waals surface area contributed by atoms with Crippen molar-refractivity contribution in [3.05, 3.63) is 58.3 Å². The largest absolute Gasteiger partial charge is 0.469 e. The van der Waals surface area contributed by atoms with Gasteiger partial charge in [0, 0.05) is 25.7 Å². The Balaban J connectivity index is 1.80. The molecule has 148 valence electrons. The molecule has 1 amide bonds. The van der Waals surface area contributed by atoms with E-state index in [-0.39, 0.29) is 49.6 Å². The van der Waals surface area contributed by atoms with Crippen LogP contribution in [0.15, 0.2) is 47.8 Å². The predicted molar refractivity (Wildman–Crippen MR) is 106 cm³/mol. The number of amides is 1. The number of ether oxygens (including phenoxy) is 1. The molecule has 0 saturated carbocycles. The van der Waals surface area contributed by atoms with E-state index in [1.807, 2.05) is 35.7 Å². The van der Waals surface area contributed by atoms with Gasteiger partial charge in [0.05, 0.1) is 24.4 Å². The maximum absolute atomic E-state index is 12.2. The Morgan fingerprint density at radius 2 is 1.68 bits per heavy atom. The molecule has 0 bridgehead atoms. The summed E-state index contributed by atoms with van der Waals surface area (Å²) in [7, 11) is 1.29. The lowest BCUT2D eigenvalue weighted by Gasteiger charge is -2.18. The van der Waals surface area contributed by atoms with Gasteiger partial charge in [-0.2, -0.15) is 0 Å². The number of esters is 1. The first-order chi connectivity index (χ1) is 13.5. The lowest BCUT2D eigenvalue weighted by Crippen LogP contribution is -2.30. The number of Topliss-reactive ketones (excluding diaryl/α,β-unsaturated/α-hetero) is 2. The Hall–Kier alpha value is -2.80. The number of carbonyl (C=O) groups is 4. The van der Waals surface area contributed by atoms with Gasteiger partial charge in [0.2, 0.25) is 5.91 Å². The topological polar surface area (TPSA) is 89.5 Å². The van der Waals surface area contributed by atoms with Crippen molar-refractivity contribution in [3.8, 4) is 0 Å². The lowest BCUT2D eigenvalue weighted by atomic mass is 10.0. The minimum Gasteiger partial charge on any atom is -0.469 e. The Morgan fingerprint density at radius 3 is 2.32 bits per heavy atom. The molecule has 0 aliphatic heterocycles. The normalized spacial score (nSPS) is 11.5. The average Bonchev–Trinajstić information content (AvgIpc) is 3.25. The molecule has 1 atom stereocenters. The summed E-state index contributed by atoms with van der Waals surface area (Å²) in [6.07, 6.45) is 0.347. The molecular formula is C21H23NO5S. The van der Waals surface area contributed by atoms with Crippen molar-refractivity contribution in [1.82, 2.24) is 5.32 Å².